The van der Waals surface area contributed by atoms with Crippen molar-refractivity contribution < 1.29 is 9.84 Å². The zero-order valence-corrected chi connectivity index (χ0v) is 11.1. The van der Waals surface area contributed by atoms with Crippen LogP contribution in [0.2, 0.25) is 0 Å². The van der Waals surface area contributed by atoms with Gasteiger partial charge in [0.15, 0.2) is 0 Å². The molecule has 1 aromatic heterocycles. The van der Waals surface area contributed by atoms with E-state index in [1.54, 1.807) is 6.20 Å². The molecule has 3 N–H and O–H groups in total. The van der Waals surface area contributed by atoms with Gasteiger partial charge in [-0.1, -0.05) is 0 Å². The lowest BCUT2D eigenvalue weighted by atomic mass is 10.5. The number of hydrogen-bond acceptors (Lipinski definition) is 6. The largest absolute Gasteiger partial charge is 0.393 e. The molecule has 6 nitrogen and oxygen atoms in total. The first-order chi connectivity index (χ1) is 7.61. The predicted octanol–water partition coefficient (Wildman–Crippen LogP) is 0.0105. The number of rotatable bonds is 2. The second kappa shape index (κ2) is 4.90. The summed E-state index contributed by atoms with van der Waals surface area (Å²) in [7, 11) is 0. The van der Waals surface area contributed by atoms with Crippen LogP contribution in [0, 0.1) is 3.57 Å². The van der Waals surface area contributed by atoms with E-state index in [0.717, 1.165) is 0 Å². The second-order valence-corrected chi connectivity index (χ2v) is 5.55. The third kappa shape index (κ3) is 2.34. The lowest BCUT2D eigenvalue weighted by molar-refractivity contribution is -0.00640. The van der Waals surface area contributed by atoms with Crippen molar-refractivity contribution in [2.45, 2.75) is 11.7 Å². The summed E-state index contributed by atoms with van der Waals surface area (Å²) in [5, 5.41) is 8.93. The van der Waals surface area contributed by atoms with Gasteiger partial charge in [-0.2, -0.15) is 4.98 Å². The molecule has 0 aromatic carbocycles. The Hall–Kier alpha value is -0.320. The van der Waals surface area contributed by atoms with Crippen LogP contribution in [0.5, 0.6) is 0 Å². The summed E-state index contributed by atoms with van der Waals surface area (Å²) in [5.74, 6) is 0.846. The quantitative estimate of drug-likeness (QED) is 0.727. The number of ether oxygens (including phenoxy) is 1. The normalized spacial score (nSPS) is 24.9. The van der Waals surface area contributed by atoms with Gasteiger partial charge in [0.2, 0.25) is 0 Å². The van der Waals surface area contributed by atoms with Crippen LogP contribution in [0.3, 0.4) is 0 Å². The molecule has 16 heavy (non-hydrogen) atoms. The number of anilines is 1. The van der Waals surface area contributed by atoms with Gasteiger partial charge in [-0.25, -0.2) is 4.79 Å². The Balaban J connectivity index is 2.28. The Bertz CT molecular complexity index is 453. The molecule has 0 spiro atoms. The van der Waals surface area contributed by atoms with Crippen molar-refractivity contribution in [3.8, 4) is 0 Å². The van der Waals surface area contributed by atoms with Crippen LogP contribution >= 0.6 is 34.4 Å². The molecular formula is C8H10IN3O3S. The number of halogens is 1. The van der Waals surface area contributed by atoms with Crippen molar-refractivity contribution in [2.75, 3.05) is 18.1 Å². The van der Waals surface area contributed by atoms with E-state index in [9.17, 15) is 4.79 Å². The second-order valence-electron chi connectivity index (χ2n) is 3.20. The molecule has 8 heteroatoms. The molecule has 2 heterocycles. The van der Waals surface area contributed by atoms with Gasteiger partial charge in [0.25, 0.3) is 0 Å². The molecule has 0 saturated carbocycles. The molecule has 1 saturated heterocycles. The number of aliphatic hydroxyl groups excluding tert-OH is 1. The van der Waals surface area contributed by atoms with Crippen molar-refractivity contribution >= 4 is 40.2 Å². The smallest absolute Gasteiger partial charge is 0.351 e. The van der Waals surface area contributed by atoms with Crippen LogP contribution in [-0.4, -0.2) is 32.5 Å². The van der Waals surface area contributed by atoms with Crippen LogP contribution in [0.25, 0.3) is 0 Å². The molecule has 1 aliphatic rings. The number of nitrogens with two attached hydrogens (primary N) is 1. The molecule has 88 valence electrons. The summed E-state index contributed by atoms with van der Waals surface area (Å²) in [5.41, 5.74) is 4.82. The molecule has 0 radical (unpaired) electrons. The third-order valence-electron chi connectivity index (χ3n) is 2.13. The lowest BCUT2D eigenvalue weighted by Crippen LogP contribution is -2.29. The van der Waals surface area contributed by atoms with E-state index in [2.05, 4.69) is 4.98 Å². The molecule has 1 fully saturated rings. The van der Waals surface area contributed by atoms with Crippen LogP contribution < -0.4 is 11.4 Å². The number of nitrogens with zero attached hydrogens (tertiary/aromatic N) is 2. The average Bonchev–Trinajstić information content (AvgIpc) is 2.71. The minimum absolute atomic E-state index is 0.0601. The molecular weight excluding hydrogens is 345 g/mol. The average molecular weight is 355 g/mol. The molecule has 1 aliphatic heterocycles. The third-order valence-corrected chi connectivity index (χ3v) is 4.07. The Morgan fingerprint density at radius 2 is 2.56 bits per heavy atom. The number of nitrogen functional groups attached to an aromatic ring is 1. The SMILES string of the molecule is Nc1nc(=O)n([C@@H]2CS[C@@H](CO)O2)cc1I. The van der Waals surface area contributed by atoms with Crippen molar-refractivity contribution in [3.05, 3.63) is 20.3 Å². The summed E-state index contributed by atoms with van der Waals surface area (Å²) in [6, 6.07) is 0. The standard InChI is InChI=1S/C8H10IN3O3S/c9-4-1-12(8(14)11-7(4)10)5-3-16-6(2-13)15-5/h1,5-6,13H,2-3H2,(H2,10,11,14)/t5-,6-/m0/s1. The van der Waals surface area contributed by atoms with E-state index in [0.29, 0.717) is 9.32 Å². The Kier molecular flexibility index (Phi) is 3.72. The lowest BCUT2D eigenvalue weighted by Gasteiger charge is -2.14. The minimum Gasteiger partial charge on any atom is -0.393 e. The summed E-state index contributed by atoms with van der Waals surface area (Å²) in [6.45, 7) is -0.0601. The van der Waals surface area contributed by atoms with E-state index in [1.165, 1.54) is 16.3 Å². The van der Waals surface area contributed by atoms with Crippen LogP contribution in [0.15, 0.2) is 11.0 Å². The fourth-order valence-corrected chi connectivity index (χ4v) is 2.70. The monoisotopic (exact) mass is 355 g/mol. The molecule has 2 rings (SSSR count). The first kappa shape index (κ1) is 12.1. The Morgan fingerprint density at radius 1 is 1.81 bits per heavy atom. The molecule has 0 bridgehead atoms. The number of aromatic nitrogens is 2. The fourth-order valence-electron chi connectivity index (χ4n) is 1.35. The highest BCUT2D eigenvalue weighted by Gasteiger charge is 2.27. The van der Waals surface area contributed by atoms with Gasteiger partial charge < -0.3 is 15.6 Å². The Labute approximate surface area is 109 Å². The van der Waals surface area contributed by atoms with Crippen molar-refractivity contribution in [2.24, 2.45) is 0 Å². The van der Waals surface area contributed by atoms with Gasteiger partial charge >= 0.3 is 5.69 Å². The van der Waals surface area contributed by atoms with Crippen molar-refractivity contribution in [1.29, 1.82) is 0 Å². The Morgan fingerprint density at radius 3 is 3.19 bits per heavy atom. The summed E-state index contributed by atoms with van der Waals surface area (Å²) in [6.07, 6.45) is 1.24. The zero-order chi connectivity index (χ0) is 11.7. The van der Waals surface area contributed by atoms with E-state index < -0.39 is 5.69 Å². The maximum absolute atomic E-state index is 11.6. The predicted molar refractivity (Wildman–Crippen MR) is 69.1 cm³/mol. The minimum atomic E-state index is -0.429. The first-order valence-corrected chi connectivity index (χ1v) is 6.66. The molecule has 0 unspecified atom stereocenters. The zero-order valence-electron chi connectivity index (χ0n) is 8.17. The molecule has 0 aliphatic carbocycles. The maximum Gasteiger partial charge on any atom is 0.351 e. The van der Waals surface area contributed by atoms with Crippen molar-refractivity contribution in [1.82, 2.24) is 9.55 Å². The summed E-state index contributed by atoms with van der Waals surface area (Å²) in [4.78, 5) is 15.3. The number of hydrogen-bond donors (Lipinski definition) is 2. The molecule has 0 amide bonds. The van der Waals surface area contributed by atoms with Gasteiger partial charge in [-0.05, 0) is 22.6 Å². The van der Waals surface area contributed by atoms with Crippen molar-refractivity contribution in [3.63, 3.8) is 0 Å². The highest BCUT2D eigenvalue weighted by molar-refractivity contribution is 14.1. The summed E-state index contributed by atoms with van der Waals surface area (Å²) >= 11 is 3.48. The number of aliphatic hydroxyl groups is 1. The van der Waals surface area contributed by atoms with Crippen LogP contribution in [0.4, 0.5) is 5.82 Å². The van der Waals surface area contributed by atoms with E-state index in [1.807, 2.05) is 22.6 Å². The van der Waals surface area contributed by atoms with Crippen LogP contribution in [0.1, 0.15) is 6.23 Å². The maximum atomic E-state index is 11.6. The van der Waals surface area contributed by atoms with E-state index >= 15 is 0 Å². The highest BCUT2D eigenvalue weighted by atomic mass is 127. The van der Waals surface area contributed by atoms with Crippen LogP contribution in [-0.2, 0) is 4.74 Å². The van der Waals surface area contributed by atoms with Gasteiger partial charge in [-0.3, -0.25) is 4.57 Å². The topological polar surface area (TPSA) is 90.4 Å². The van der Waals surface area contributed by atoms with E-state index in [4.69, 9.17) is 15.6 Å². The van der Waals surface area contributed by atoms with E-state index in [-0.39, 0.29) is 24.1 Å². The van der Waals surface area contributed by atoms with Gasteiger partial charge in [0, 0.05) is 11.9 Å². The highest BCUT2D eigenvalue weighted by Crippen LogP contribution is 2.30. The first-order valence-electron chi connectivity index (χ1n) is 4.54. The van der Waals surface area contributed by atoms with Gasteiger partial charge in [-0.15, -0.1) is 11.8 Å². The molecule has 2 atom stereocenters. The molecule has 1 aromatic rings. The number of thioether (sulfide) groups is 1. The fraction of sp³-hybridized carbons (Fsp3) is 0.500. The van der Waals surface area contributed by atoms with Gasteiger partial charge in [0.1, 0.15) is 17.5 Å². The van der Waals surface area contributed by atoms with Gasteiger partial charge in [0.05, 0.1) is 10.2 Å². The summed E-state index contributed by atoms with van der Waals surface area (Å²) < 4.78 is 7.57.